The molecule has 1 unspecified atom stereocenters. The fraction of sp³-hybridized carbons (Fsp3) is 0.429. The maximum absolute atomic E-state index is 13.5. The molecule has 1 saturated heterocycles. The SMILES string of the molecule is N#Cc1c(F)cccc1N1CCC(CCC(=O)O)C1. The van der Waals surface area contributed by atoms with Crippen molar-refractivity contribution in [1.29, 1.82) is 5.26 Å². The third-order valence-electron chi connectivity index (χ3n) is 3.50. The summed E-state index contributed by atoms with van der Waals surface area (Å²) in [5.74, 6) is -0.998. The summed E-state index contributed by atoms with van der Waals surface area (Å²) in [6.45, 7) is 1.42. The Morgan fingerprint density at radius 3 is 3.05 bits per heavy atom. The van der Waals surface area contributed by atoms with E-state index in [1.165, 1.54) is 6.07 Å². The molecule has 1 aromatic rings. The minimum atomic E-state index is -0.790. The van der Waals surface area contributed by atoms with E-state index in [4.69, 9.17) is 10.4 Å². The minimum absolute atomic E-state index is 0.0707. The molecule has 1 N–H and O–H groups in total. The Labute approximate surface area is 111 Å². The molecule has 19 heavy (non-hydrogen) atoms. The summed E-state index contributed by atoms with van der Waals surface area (Å²) in [4.78, 5) is 12.5. The molecular formula is C14H15FN2O2. The second-order valence-corrected chi connectivity index (χ2v) is 4.78. The average Bonchev–Trinajstić information content (AvgIpc) is 2.84. The molecule has 1 aliphatic rings. The van der Waals surface area contributed by atoms with E-state index >= 15 is 0 Å². The largest absolute Gasteiger partial charge is 0.481 e. The number of aliphatic carboxylic acids is 1. The lowest BCUT2D eigenvalue weighted by Gasteiger charge is -2.20. The number of anilines is 1. The van der Waals surface area contributed by atoms with Gasteiger partial charge in [-0.05, 0) is 30.9 Å². The van der Waals surface area contributed by atoms with E-state index in [0.29, 0.717) is 24.6 Å². The van der Waals surface area contributed by atoms with Crippen LogP contribution >= 0.6 is 0 Å². The van der Waals surface area contributed by atoms with E-state index in [2.05, 4.69) is 0 Å². The summed E-state index contributed by atoms with van der Waals surface area (Å²) in [7, 11) is 0. The van der Waals surface area contributed by atoms with Crippen molar-refractivity contribution >= 4 is 11.7 Å². The van der Waals surface area contributed by atoms with Crippen LogP contribution in [0.3, 0.4) is 0 Å². The van der Waals surface area contributed by atoms with Gasteiger partial charge >= 0.3 is 5.97 Å². The van der Waals surface area contributed by atoms with E-state index in [0.717, 1.165) is 13.0 Å². The topological polar surface area (TPSA) is 64.3 Å². The summed E-state index contributed by atoms with van der Waals surface area (Å²) >= 11 is 0. The van der Waals surface area contributed by atoms with Gasteiger partial charge in [0.05, 0.1) is 5.69 Å². The second kappa shape index (κ2) is 5.70. The number of hydrogen-bond acceptors (Lipinski definition) is 3. The lowest BCUT2D eigenvalue weighted by atomic mass is 10.0. The molecule has 0 saturated carbocycles. The van der Waals surface area contributed by atoms with Crippen molar-refractivity contribution < 1.29 is 14.3 Å². The molecule has 0 aliphatic carbocycles. The first-order chi connectivity index (χ1) is 9.11. The first-order valence-corrected chi connectivity index (χ1v) is 6.27. The van der Waals surface area contributed by atoms with Gasteiger partial charge in [0.1, 0.15) is 17.4 Å². The van der Waals surface area contributed by atoms with Crippen LogP contribution in [-0.4, -0.2) is 24.2 Å². The van der Waals surface area contributed by atoms with Gasteiger partial charge < -0.3 is 10.0 Å². The number of hydrogen-bond donors (Lipinski definition) is 1. The maximum atomic E-state index is 13.5. The van der Waals surface area contributed by atoms with Gasteiger partial charge in [-0.1, -0.05) is 6.07 Å². The summed E-state index contributed by atoms with van der Waals surface area (Å²) in [6, 6.07) is 6.50. The van der Waals surface area contributed by atoms with Gasteiger partial charge in [-0.15, -0.1) is 0 Å². The van der Waals surface area contributed by atoms with Gasteiger partial charge in [-0.2, -0.15) is 5.26 Å². The zero-order valence-corrected chi connectivity index (χ0v) is 10.5. The van der Waals surface area contributed by atoms with Gasteiger partial charge in [-0.3, -0.25) is 4.79 Å². The van der Waals surface area contributed by atoms with Crippen LogP contribution in [0.5, 0.6) is 0 Å². The van der Waals surface area contributed by atoms with Gasteiger partial charge in [0, 0.05) is 19.5 Å². The van der Waals surface area contributed by atoms with E-state index in [9.17, 15) is 9.18 Å². The summed E-state index contributed by atoms with van der Waals surface area (Å²) in [6.07, 6.45) is 1.67. The summed E-state index contributed by atoms with van der Waals surface area (Å²) in [5.41, 5.74) is 0.682. The molecule has 0 radical (unpaired) electrons. The summed E-state index contributed by atoms with van der Waals surface area (Å²) < 4.78 is 13.5. The molecule has 0 amide bonds. The van der Waals surface area contributed by atoms with E-state index in [-0.39, 0.29) is 12.0 Å². The average molecular weight is 262 g/mol. The predicted octanol–water partition coefficient (Wildman–Crippen LogP) is 2.39. The van der Waals surface area contributed by atoms with Gasteiger partial charge in [-0.25, -0.2) is 4.39 Å². The lowest BCUT2D eigenvalue weighted by molar-refractivity contribution is -0.137. The first-order valence-electron chi connectivity index (χ1n) is 6.27. The number of carboxylic acid groups (broad SMARTS) is 1. The van der Waals surface area contributed by atoms with Crippen LogP contribution in [0, 0.1) is 23.1 Å². The third-order valence-corrected chi connectivity index (χ3v) is 3.50. The van der Waals surface area contributed by atoms with Crippen molar-refractivity contribution in [3.05, 3.63) is 29.6 Å². The van der Waals surface area contributed by atoms with Gasteiger partial charge in [0.15, 0.2) is 0 Å². The predicted molar refractivity (Wildman–Crippen MR) is 68.3 cm³/mol. The zero-order chi connectivity index (χ0) is 13.8. The van der Waals surface area contributed by atoms with Crippen LogP contribution in [-0.2, 0) is 4.79 Å². The minimum Gasteiger partial charge on any atom is -0.481 e. The van der Waals surface area contributed by atoms with Crippen molar-refractivity contribution in [2.24, 2.45) is 5.92 Å². The number of halogens is 1. The Kier molecular flexibility index (Phi) is 4.00. The van der Waals surface area contributed by atoms with Crippen molar-refractivity contribution in [1.82, 2.24) is 0 Å². The monoisotopic (exact) mass is 262 g/mol. The number of rotatable bonds is 4. The molecular weight excluding hydrogens is 247 g/mol. The molecule has 5 heteroatoms. The Morgan fingerprint density at radius 1 is 1.58 bits per heavy atom. The number of nitrogens with zero attached hydrogens (tertiary/aromatic N) is 2. The van der Waals surface area contributed by atoms with Crippen LogP contribution in [0.4, 0.5) is 10.1 Å². The molecule has 100 valence electrons. The maximum Gasteiger partial charge on any atom is 0.303 e. The molecule has 1 atom stereocenters. The normalized spacial score (nSPS) is 18.3. The molecule has 0 bridgehead atoms. The highest BCUT2D eigenvalue weighted by Crippen LogP contribution is 2.29. The number of benzene rings is 1. The molecule has 4 nitrogen and oxygen atoms in total. The Hall–Kier alpha value is -2.09. The van der Waals surface area contributed by atoms with Crippen molar-refractivity contribution in [3.8, 4) is 6.07 Å². The molecule has 1 fully saturated rings. The van der Waals surface area contributed by atoms with E-state index < -0.39 is 11.8 Å². The van der Waals surface area contributed by atoms with Gasteiger partial charge in [0.25, 0.3) is 0 Å². The van der Waals surface area contributed by atoms with Crippen molar-refractivity contribution in [2.45, 2.75) is 19.3 Å². The highest BCUT2D eigenvalue weighted by Gasteiger charge is 2.25. The Morgan fingerprint density at radius 2 is 2.37 bits per heavy atom. The molecule has 2 rings (SSSR count). The molecule has 1 aromatic carbocycles. The highest BCUT2D eigenvalue weighted by atomic mass is 19.1. The summed E-state index contributed by atoms with van der Waals surface area (Å²) in [5, 5.41) is 17.7. The molecule has 0 spiro atoms. The van der Waals surface area contributed by atoms with Crippen LogP contribution in [0.2, 0.25) is 0 Å². The smallest absolute Gasteiger partial charge is 0.303 e. The highest BCUT2D eigenvalue weighted by molar-refractivity contribution is 5.66. The van der Waals surface area contributed by atoms with Crippen molar-refractivity contribution in [2.75, 3.05) is 18.0 Å². The zero-order valence-electron chi connectivity index (χ0n) is 10.5. The third kappa shape index (κ3) is 3.02. The van der Waals surface area contributed by atoms with E-state index in [1.54, 1.807) is 12.1 Å². The van der Waals surface area contributed by atoms with Crippen LogP contribution in [0.1, 0.15) is 24.8 Å². The second-order valence-electron chi connectivity index (χ2n) is 4.78. The first kappa shape index (κ1) is 13.3. The van der Waals surface area contributed by atoms with E-state index in [1.807, 2.05) is 11.0 Å². The Bertz CT molecular complexity index is 525. The lowest BCUT2D eigenvalue weighted by Crippen LogP contribution is -2.21. The fourth-order valence-electron chi connectivity index (χ4n) is 2.50. The number of nitriles is 1. The quantitative estimate of drug-likeness (QED) is 0.904. The molecule has 0 aromatic heterocycles. The fourth-order valence-corrected chi connectivity index (χ4v) is 2.50. The number of carboxylic acids is 1. The van der Waals surface area contributed by atoms with Crippen LogP contribution < -0.4 is 4.90 Å². The van der Waals surface area contributed by atoms with Crippen LogP contribution in [0.15, 0.2) is 18.2 Å². The number of carbonyl (C=O) groups is 1. The molecule has 1 aliphatic heterocycles. The standard InChI is InChI=1S/C14H15FN2O2/c15-12-2-1-3-13(11(12)8-16)17-7-6-10(9-17)4-5-14(18)19/h1-3,10H,4-7,9H2,(H,18,19). The molecule has 1 heterocycles. The Balaban J connectivity index is 2.07. The van der Waals surface area contributed by atoms with Crippen LogP contribution in [0.25, 0.3) is 0 Å². The van der Waals surface area contributed by atoms with Gasteiger partial charge in [0.2, 0.25) is 0 Å². The van der Waals surface area contributed by atoms with Crippen molar-refractivity contribution in [3.63, 3.8) is 0 Å².